The highest BCUT2D eigenvalue weighted by Crippen LogP contribution is 2.30. The summed E-state index contributed by atoms with van der Waals surface area (Å²) in [6, 6.07) is 10.8. The van der Waals surface area contributed by atoms with Gasteiger partial charge in [-0.3, -0.25) is 4.55 Å². The van der Waals surface area contributed by atoms with Gasteiger partial charge in [-0.1, -0.05) is 29.8 Å². The molecule has 2 aromatic carbocycles. The van der Waals surface area contributed by atoms with Crippen LogP contribution in [0.25, 0.3) is 11.1 Å². The average molecular weight is 284 g/mol. The van der Waals surface area contributed by atoms with E-state index in [2.05, 4.69) is 0 Å². The topological polar surface area (TPSA) is 80.4 Å². The first-order chi connectivity index (χ1) is 8.38. The van der Waals surface area contributed by atoms with E-state index in [1.165, 1.54) is 12.1 Å². The molecular weight excluding hydrogens is 274 g/mol. The third-order valence-electron chi connectivity index (χ3n) is 2.40. The minimum absolute atomic E-state index is 0.174. The average Bonchev–Trinajstić information content (AvgIpc) is 2.26. The van der Waals surface area contributed by atoms with Crippen molar-refractivity contribution in [2.75, 3.05) is 5.73 Å². The van der Waals surface area contributed by atoms with E-state index in [-0.39, 0.29) is 4.90 Å². The lowest BCUT2D eigenvalue weighted by Crippen LogP contribution is -2.00. The Bertz CT molecular complexity index is 678. The minimum Gasteiger partial charge on any atom is -0.399 e. The zero-order valence-electron chi connectivity index (χ0n) is 9.17. The molecule has 0 amide bonds. The lowest BCUT2D eigenvalue weighted by molar-refractivity contribution is 0.483. The Labute approximate surface area is 110 Å². The van der Waals surface area contributed by atoms with Gasteiger partial charge in [-0.15, -0.1) is 0 Å². The smallest absolute Gasteiger partial charge is 0.295 e. The summed E-state index contributed by atoms with van der Waals surface area (Å²) in [7, 11) is -4.29. The molecule has 2 rings (SSSR count). The van der Waals surface area contributed by atoms with Crippen LogP contribution in [0.2, 0.25) is 5.02 Å². The van der Waals surface area contributed by atoms with Crippen LogP contribution in [-0.4, -0.2) is 13.0 Å². The maximum atomic E-state index is 11.3. The summed E-state index contributed by atoms with van der Waals surface area (Å²) in [5, 5.41) is 0.398. The van der Waals surface area contributed by atoms with E-state index in [1.54, 1.807) is 30.3 Å². The molecule has 0 unspecified atom stereocenters. The largest absolute Gasteiger partial charge is 0.399 e. The van der Waals surface area contributed by atoms with E-state index in [4.69, 9.17) is 17.3 Å². The van der Waals surface area contributed by atoms with Crippen LogP contribution in [0.3, 0.4) is 0 Å². The summed E-state index contributed by atoms with van der Waals surface area (Å²) in [6.07, 6.45) is 0. The molecule has 0 saturated heterocycles. The predicted octanol–water partition coefficient (Wildman–Crippen LogP) is 2.84. The number of nitrogens with two attached hydrogens (primary N) is 1. The van der Waals surface area contributed by atoms with Crippen molar-refractivity contribution in [2.45, 2.75) is 4.90 Å². The molecule has 0 radical (unpaired) electrons. The normalized spacial score (nSPS) is 11.4. The van der Waals surface area contributed by atoms with E-state index < -0.39 is 10.1 Å². The number of hydrogen-bond acceptors (Lipinski definition) is 3. The Morgan fingerprint density at radius 3 is 2.39 bits per heavy atom. The molecule has 0 bridgehead atoms. The number of benzene rings is 2. The molecule has 0 aromatic heterocycles. The van der Waals surface area contributed by atoms with Crippen molar-refractivity contribution in [3.63, 3.8) is 0 Å². The van der Waals surface area contributed by atoms with Crippen molar-refractivity contribution in [1.82, 2.24) is 0 Å². The summed E-state index contributed by atoms with van der Waals surface area (Å²) >= 11 is 5.87. The van der Waals surface area contributed by atoms with E-state index in [0.717, 1.165) is 0 Å². The molecule has 0 aliphatic rings. The number of rotatable bonds is 2. The zero-order valence-corrected chi connectivity index (χ0v) is 10.7. The van der Waals surface area contributed by atoms with Crippen molar-refractivity contribution in [3.05, 3.63) is 47.5 Å². The van der Waals surface area contributed by atoms with E-state index in [9.17, 15) is 13.0 Å². The van der Waals surface area contributed by atoms with Crippen LogP contribution in [0.1, 0.15) is 0 Å². The Hall–Kier alpha value is -1.56. The van der Waals surface area contributed by atoms with Gasteiger partial charge in [-0.05, 0) is 29.8 Å². The molecule has 0 fully saturated rings. The van der Waals surface area contributed by atoms with Crippen LogP contribution in [-0.2, 0) is 10.1 Å². The molecule has 0 saturated carbocycles. The molecule has 2 aromatic rings. The second kappa shape index (κ2) is 4.61. The fourth-order valence-electron chi connectivity index (χ4n) is 1.70. The highest BCUT2D eigenvalue weighted by Gasteiger charge is 2.16. The molecule has 0 spiro atoms. The van der Waals surface area contributed by atoms with Crippen molar-refractivity contribution in [1.29, 1.82) is 0 Å². The molecule has 0 heterocycles. The van der Waals surface area contributed by atoms with E-state index in [0.29, 0.717) is 21.8 Å². The monoisotopic (exact) mass is 283 g/mol. The van der Waals surface area contributed by atoms with Crippen LogP contribution in [0, 0.1) is 0 Å². The van der Waals surface area contributed by atoms with Crippen molar-refractivity contribution < 1.29 is 13.0 Å². The Balaban J connectivity index is 2.72. The van der Waals surface area contributed by atoms with Gasteiger partial charge in [0.15, 0.2) is 0 Å². The van der Waals surface area contributed by atoms with Gasteiger partial charge < -0.3 is 5.73 Å². The third kappa shape index (κ3) is 2.64. The molecule has 18 heavy (non-hydrogen) atoms. The Morgan fingerprint density at radius 2 is 1.78 bits per heavy atom. The van der Waals surface area contributed by atoms with Gasteiger partial charge in [0.1, 0.15) is 4.90 Å². The molecular formula is C12H10ClNO3S. The lowest BCUT2D eigenvalue weighted by atomic mass is 10.1. The number of hydrogen-bond donors (Lipinski definition) is 2. The Morgan fingerprint density at radius 1 is 1.11 bits per heavy atom. The number of nitrogen functional groups attached to an aromatic ring is 1. The first kappa shape index (κ1) is 12.9. The summed E-state index contributed by atoms with van der Waals surface area (Å²) in [4.78, 5) is -0.174. The van der Waals surface area contributed by atoms with Crippen molar-refractivity contribution in [3.8, 4) is 11.1 Å². The molecule has 0 aliphatic carbocycles. The van der Waals surface area contributed by atoms with E-state index >= 15 is 0 Å². The SMILES string of the molecule is Nc1cc(Cl)cc(-c2ccccc2S(=O)(=O)O)c1. The highest BCUT2D eigenvalue weighted by molar-refractivity contribution is 7.86. The molecule has 0 atom stereocenters. The lowest BCUT2D eigenvalue weighted by Gasteiger charge is -2.08. The summed E-state index contributed by atoms with van der Waals surface area (Å²) in [5.41, 5.74) is 6.97. The second-order valence-corrected chi connectivity index (χ2v) is 5.57. The van der Waals surface area contributed by atoms with Crippen LogP contribution >= 0.6 is 11.6 Å². The fourth-order valence-corrected chi connectivity index (χ4v) is 2.66. The van der Waals surface area contributed by atoms with Gasteiger partial charge in [0.25, 0.3) is 10.1 Å². The summed E-state index contributed by atoms with van der Waals surface area (Å²) in [6.45, 7) is 0. The third-order valence-corrected chi connectivity index (χ3v) is 3.53. The number of anilines is 1. The summed E-state index contributed by atoms with van der Waals surface area (Å²) in [5.74, 6) is 0. The van der Waals surface area contributed by atoms with Crippen molar-refractivity contribution in [2.24, 2.45) is 0 Å². The number of halogens is 1. The molecule has 94 valence electrons. The molecule has 3 N–H and O–H groups in total. The fraction of sp³-hybridized carbons (Fsp3) is 0. The zero-order chi connectivity index (χ0) is 13.3. The van der Waals surface area contributed by atoms with Gasteiger partial charge in [0.05, 0.1) is 0 Å². The van der Waals surface area contributed by atoms with Gasteiger partial charge in [-0.25, -0.2) is 0 Å². The molecule has 6 heteroatoms. The van der Waals surface area contributed by atoms with Crippen LogP contribution in [0.5, 0.6) is 0 Å². The molecule has 4 nitrogen and oxygen atoms in total. The Kier molecular flexibility index (Phi) is 3.30. The standard InChI is InChI=1S/C12H10ClNO3S/c13-9-5-8(6-10(14)7-9)11-3-1-2-4-12(11)18(15,16)17/h1-7H,14H2,(H,15,16,17). The maximum absolute atomic E-state index is 11.3. The van der Waals surface area contributed by atoms with Gasteiger partial charge in [0, 0.05) is 16.3 Å². The maximum Gasteiger partial charge on any atom is 0.295 e. The van der Waals surface area contributed by atoms with Crippen molar-refractivity contribution >= 4 is 27.4 Å². The van der Waals surface area contributed by atoms with Gasteiger partial charge in [0.2, 0.25) is 0 Å². The van der Waals surface area contributed by atoms with Crippen LogP contribution < -0.4 is 5.73 Å². The second-order valence-electron chi connectivity index (χ2n) is 3.74. The molecule has 0 aliphatic heterocycles. The van der Waals surface area contributed by atoms with Gasteiger partial charge >= 0.3 is 0 Å². The quantitative estimate of drug-likeness (QED) is 0.656. The first-order valence-electron chi connectivity index (χ1n) is 5.01. The van der Waals surface area contributed by atoms with Crippen LogP contribution in [0.4, 0.5) is 5.69 Å². The van der Waals surface area contributed by atoms with E-state index in [1.807, 2.05) is 0 Å². The van der Waals surface area contributed by atoms with Gasteiger partial charge in [-0.2, -0.15) is 8.42 Å². The minimum atomic E-state index is -4.29. The predicted molar refractivity (Wildman–Crippen MR) is 71.1 cm³/mol. The summed E-state index contributed by atoms with van der Waals surface area (Å²) < 4.78 is 31.8. The first-order valence-corrected chi connectivity index (χ1v) is 6.83. The van der Waals surface area contributed by atoms with Crippen LogP contribution in [0.15, 0.2) is 47.4 Å². The highest BCUT2D eigenvalue weighted by atomic mass is 35.5.